The standard InChI is InChI=1S/C10H14N2O/c1-8(2)6-12-10(13)9-4-3-5-11-7-9/h3-5,7-8H,6H2,1-2H3,(H,12,13). The van der Waals surface area contributed by atoms with Gasteiger partial charge in [-0.15, -0.1) is 0 Å². The average molecular weight is 178 g/mol. The van der Waals surface area contributed by atoms with E-state index in [0.29, 0.717) is 18.0 Å². The molecule has 70 valence electrons. The van der Waals surface area contributed by atoms with Gasteiger partial charge >= 0.3 is 0 Å². The molecule has 3 nitrogen and oxygen atoms in total. The quantitative estimate of drug-likeness (QED) is 0.761. The van der Waals surface area contributed by atoms with E-state index in [9.17, 15) is 4.79 Å². The molecule has 0 aliphatic heterocycles. The molecular formula is C10H14N2O. The van der Waals surface area contributed by atoms with E-state index in [4.69, 9.17) is 0 Å². The largest absolute Gasteiger partial charge is 0.352 e. The molecule has 0 atom stereocenters. The number of carbonyl (C=O) groups excluding carboxylic acids is 1. The lowest BCUT2D eigenvalue weighted by Gasteiger charge is -2.06. The maximum absolute atomic E-state index is 11.4. The minimum absolute atomic E-state index is 0.0539. The van der Waals surface area contributed by atoms with Gasteiger partial charge in [0.2, 0.25) is 0 Å². The summed E-state index contributed by atoms with van der Waals surface area (Å²) < 4.78 is 0. The number of nitrogens with one attached hydrogen (secondary N) is 1. The topological polar surface area (TPSA) is 42.0 Å². The van der Waals surface area contributed by atoms with Crippen molar-refractivity contribution in [2.45, 2.75) is 13.8 Å². The summed E-state index contributed by atoms with van der Waals surface area (Å²) in [6.45, 7) is 4.82. The van der Waals surface area contributed by atoms with Crippen molar-refractivity contribution in [3.05, 3.63) is 30.1 Å². The molecule has 0 spiro atoms. The molecule has 0 saturated heterocycles. The van der Waals surface area contributed by atoms with Gasteiger partial charge in [0.15, 0.2) is 0 Å². The van der Waals surface area contributed by atoms with Gasteiger partial charge in [-0.25, -0.2) is 0 Å². The lowest BCUT2D eigenvalue weighted by Crippen LogP contribution is -2.27. The van der Waals surface area contributed by atoms with Crippen molar-refractivity contribution in [1.29, 1.82) is 0 Å². The number of pyridine rings is 1. The van der Waals surface area contributed by atoms with Crippen LogP contribution in [-0.4, -0.2) is 17.4 Å². The SMILES string of the molecule is CC(C)CNC(=O)c1cccnc1. The molecule has 1 amide bonds. The van der Waals surface area contributed by atoms with Gasteiger partial charge in [-0.05, 0) is 18.1 Å². The second-order valence-corrected chi connectivity index (χ2v) is 3.35. The third-order valence-electron chi connectivity index (χ3n) is 1.59. The average Bonchev–Trinajstić information content (AvgIpc) is 2.15. The molecular weight excluding hydrogens is 164 g/mol. The Bertz CT molecular complexity index is 270. The zero-order chi connectivity index (χ0) is 9.68. The summed E-state index contributed by atoms with van der Waals surface area (Å²) in [5, 5.41) is 2.82. The molecule has 13 heavy (non-hydrogen) atoms. The highest BCUT2D eigenvalue weighted by atomic mass is 16.1. The summed E-state index contributed by atoms with van der Waals surface area (Å²) in [7, 11) is 0. The fraction of sp³-hybridized carbons (Fsp3) is 0.400. The lowest BCUT2D eigenvalue weighted by atomic mass is 10.2. The van der Waals surface area contributed by atoms with Crippen molar-refractivity contribution in [1.82, 2.24) is 10.3 Å². The van der Waals surface area contributed by atoms with E-state index in [2.05, 4.69) is 24.1 Å². The van der Waals surface area contributed by atoms with E-state index in [1.807, 2.05) is 0 Å². The van der Waals surface area contributed by atoms with Gasteiger partial charge < -0.3 is 5.32 Å². The second kappa shape index (κ2) is 4.60. The molecule has 0 aromatic carbocycles. The van der Waals surface area contributed by atoms with Crippen LogP contribution in [0.3, 0.4) is 0 Å². The summed E-state index contributed by atoms with van der Waals surface area (Å²) in [5.74, 6) is 0.419. The van der Waals surface area contributed by atoms with Crippen molar-refractivity contribution >= 4 is 5.91 Å². The molecule has 1 N–H and O–H groups in total. The molecule has 0 saturated carbocycles. The molecule has 1 rings (SSSR count). The minimum Gasteiger partial charge on any atom is -0.352 e. The van der Waals surface area contributed by atoms with Crippen LogP contribution < -0.4 is 5.32 Å². The highest BCUT2D eigenvalue weighted by molar-refractivity contribution is 5.93. The Morgan fingerprint density at radius 1 is 1.62 bits per heavy atom. The van der Waals surface area contributed by atoms with Gasteiger partial charge in [0.1, 0.15) is 0 Å². The first-order valence-corrected chi connectivity index (χ1v) is 4.38. The summed E-state index contributed by atoms with van der Waals surface area (Å²) in [4.78, 5) is 15.3. The first kappa shape index (κ1) is 9.71. The smallest absolute Gasteiger partial charge is 0.252 e. The van der Waals surface area contributed by atoms with Crippen LogP contribution in [0.5, 0.6) is 0 Å². The molecule has 0 aliphatic carbocycles. The summed E-state index contributed by atoms with van der Waals surface area (Å²) in [5.41, 5.74) is 0.614. The fourth-order valence-electron chi connectivity index (χ4n) is 0.896. The highest BCUT2D eigenvalue weighted by Crippen LogP contribution is 1.96. The molecule has 1 heterocycles. The van der Waals surface area contributed by atoms with Crippen molar-refractivity contribution < 1.29 is 4.79 Å². The van der Waals surface area contributed by atoms with E-state index in [1.54, 1.807) is 24.5 Å². The third kappa shape index (κ3) is 3.23. The Hall–Kier alpha value is -1.38. The zero-order valence-electron chi connectivity index (χ0n) is 7.95. The first-order valence-electron chi connectivity index (χ1n) is 4.38. The van der Waals surface area contributed by atoms with Crippen molar-refractivity contribution in [2.75, 3.05) is 6.54 Å². The molecule has 1 aromatic heterocycles. The second-order valence-electron chi connectivity index (χ2n) is 3.35. The molecule has 0 aliphatic rings. The molecule has 0 unspecified atom stereocenters. The summed E-state index contributed by atoms with van der Waals surface area (Å²) in [6, 6.07) is 3.51. The Morgan fingerprint density at radius 3 is 2.92 bits per heavy atom. The lowest BCUT2D eigenvalue weighted by molar-refractivity contribution is 0.0948. The monoisotopic (exact) mass is 178 g/mol. The highest BCUT2D eigenvalue weighted by Gasteiger charge is 2.04. The number of hydrogen-bond donors (Lipinski definition) is 1. The molecule has 3 heteroatoms. The fourth-order valence-corrected chi connectivity index (χ4v) is 0.896. The third-order valence-corrected chi connectivity index (χ3v) is 1.59. The van der Waals surface area contributed by atoms with Crippen LogP contribution >= 0.6 is 0 Å². The van der Waals surface area contributed by atoms with Gasteiger partial charge in [0.05, 0.1) is 5.56 Å². The summed E-state index contributed by atoms with van der Waals surface area (Å²) >= 11 is 0. The van der Waals surface area contributed by atoms with E-state index in [-0.39, 0.29) is 5.91 Å². The van der Waals surface area contributed by atoms with Crippen LogP contribution in [0.25, 0.3) is 0 Å². The van der Waals surface area contributed by atoms with Gasteiger partial charge in [-0.2, -0.15) is 0 Å². The van der Waals surface area contributed by atoms with Gasteiger partial charge in [0.25, 0.3) is 5.91 Å². The number of hydrogen-bond acceptors (Lipinski definition) is 2. The Morgan fingerprint density at radius 2 is 2.38 bits per heavy atom. The first-order chi connectivity index (χ1) is 6.20. The maximum atomic E-state index is 11.4. The van der Waals surface area contributed by atoms with Crippen LogP contribution in [-0.2, 0) is 0 Å². The number of nitrogens with zero attached hydrogens (tertiary/aromatic N) is 1. The van der Waals surface area contributed by atoms with Crippen LogP contribution in [0, 0.1) is 5.92 Å². The minimum atomic E-state index is -0.0539. The number of rotatable bonds is 3. The van der Waals surface area contributed by atoms with E-state index >= 15 is 0 Å². The summed E-state index contributed by atoms with van der Waals surface area (Å²) in [6.07, 6.45) is 3.22. The molecule has 0 radical (unpaired) electrons. The van der Waals surface area contributed by atoms with Gasteiger partial charge in [-0.3, -0.25) is 9.78 Å². The predicted octanol–water partition coefficient (Wildman–Crippen LogP) is 1.47. The van der Waals surface area contributed by atoms with Crippen LogP contribution in [0.2, 0.25) is 0 Å². The van der Waals surface area contributed by atoms with Crippen LogP contribution in [0.1, 0.15) is 24.2 Å². The number of carbonyl (C=O) groups is 1. The van der Waals surface area contributed by atoms with Gasteiger partial charge in [-0.1, -0.05) is 13.8 Å². The number of amides is 1. The van der Waals surface area contributed by atoms with Crippen molar-refractivity contribution in [3.63, 3.8) is 0 Å². The Labute approximate surface area is 78.2 Å². The van der Waals surface area contributed by atoms with Crippen molar-refractivity contribution in [2.24, 2.45) is 5.92 Å². The maximum Gasteiger partial charge on any atom is 0.252 e. The molecule has 0 fully saturated rings. The van der Waals surface area contributed by atoms with Gasteiger partial charge in [0, 0.05) is 18.9 Å². The Kier molecular flexibility index (Phi) is 3.43. The molecule has 0 bridgehead atoms. The van der Waals surface area contributed by atoms with E-state index in [1.165, 1.54) is 0 Å². The van der Waals surface area contributed by atoms with Crippen LogP contribution in [0.4, 0.5) is 0 Å². The van der Waals surface area contributed by atoms with E-state index < -0.39 is 0 Å². The zero-order valence-corrected chi connectivity index (χ0v) is 7.95. The Balaban J connectivity index is 2.50. The normalized spacial score (nSPS) is 10.1. The van der Waals surface area contributed by atoms with Crippen molar-refractivity contribution in [3.8, 4) is 0 Å². The molecule has 1 aromatic rings. The van der Waals surface area contributed by atoms with E-state index in [0.717, 1.165) is 0 Å². The van der Waals surface area contributed by atoms with Crippen LogP contribution in [0.15, 0.2) is 24.5 Å². The number of aromatic nitrogens is 1. The predicted molar refractivity (Wildman–Crippen MR) is 51.4 cm³/mol.